The van der Waals surface area contributed by atoms with E-state index in [2.05, 4.69) is 20.8 Å². The summed E-state index contributed by atoms with van der Waals surface area (Å²) in [5, 5.41) is 0. The van der Waals surface area contributed by atoms with Crippen LogP contribution in [0.5, 0.6) is 0 Å². The Labute approximate surface area is 86.6 Å². The van der Waals surface area contributed by atoms with Gasteiger partial charge >= 0.3 is 0 Å². The van der Waals surface area contributed by atoms with Crippen molar-refractivity contribution in [2.75, 3.05) is 0 Å². The molecule has 1 nitrogen and oxygen atoms in total. The molecule has 2 aliphatic carbocycles. The summed E-state index contributed by atoms with van der Waals surface area (Å²) in [5.74, 6) is 2.41. The maximum Gasteiger partial charge on any atom is 0.142 e. The van der Waals surface area contributed by atoms with Crippen molar-refractivity contribution < 1.29 is 4.79 Å². The van der Waals surface area contributed by atoms with Crippen LogP contribution in [-0.4, -0.2) is 6.29 Å². The molecule has 2 aliphatic rings. The molecule has 0 aromatic rings. The minimum absolute atomic E-state index is 0.423. The van der Waals surface area contributed by atoms with Gasteiger partial charge in [0, 0.05) is 0 Å². The first-order chi connectivity index (χ1) is 6.57. The Balaban J connectivity index is 2.27. The van der Waals surface area contributed by atoms with Crippen LogP contribution in [0.4, 0.5) is 0 Å². The van der Waals surface area contributed by atoms with Crippen molar-refractivity contribution in [1.82, 2.24) is 0 Å². The van der Waals surface area contributed by atoms with Crippen LogP contribution in [0.25, 0.3) is 0 Å². The lowest BCUT2D eigenvalue weighted by Gasteiger charge is -2.39. The monoisotopic (exact) mass is 192 g/mol. The van der Waals surface area contributed by atoms with Crippen LogP contribution >= 0.6 is 0 Å². The van der Waals surface area contributed by atoms with E-state index in [0.29, 0.717) is 11.3 Å². The predicted molar refractivity (Wildman–Crippen MR) is 57.9 cm³/mol. The van der Waals surface area contributed by atoms with Gasteiger partial charge in [-0.1, -0.05) is 19.4 Å². The molecule has 2 fully saturated rings. The Morgan fingerprint density at radius 3 is 2.57 bits per heavy atom. The molecule has 78 valence electrons. The SMILES string of the molecule is C/C(=C/C=O)C1C2CCC(C2)C1(C)C. The van der Waals surface area contributed by atoms with E-state index in [1.165, 1.54) is 24.8 Å². The van der Waals surface area contributed by atoms with Gasteiger partial charge in [0.1, 0.15) is 6.29 Å². The van der Waals surface area contributed by atoms with E-state index < -0.39 is 0 Å². The lowest BCUT2D eigenvalue weighted by molar-refractivity contribution is -0.104. The number of aldehydes is 1. The van der Waals surface area contributed by atoms with Gasteiger partial charge in [0.05, 0.1) is 0 Å². The molecule has 0 radical (unpaired) electrons. The standard InChI is InChI=1S/C13H20O/c1-9(6-7-14)12-10-4-5-11(8-10)13(12,2)3/h6-7,10-12H,4-5,8H2,1-3H3/b9-6-. The number of carbonyl (C=O) groups excluding carboxylic acids is 1. The summed E-state index contributed by atoms with van der Waals surface area (Å²) in [6.45, 7) is 6.88. The molecule has 0 aromatic heterocycles. The lowest BCUT2D eigenvalue weighted by atomic mass is 9.66. The summed E-state index contributed by atoms with van der Waals surface area (Å²) in [4.78, 5) is 10.5. The van der Waals surface area contributed by atoms with Crippen LogP contribution < -0.4 is 0 Å². The highest BCUT2D eigenvalue weighted by Gasteiger charge is 2.52. The van der Waals surface area contributed by atoms with Crippen LogP contribution in [0.15, 0.2) is 11.6 Å². The van der Waals surface area contributed by atoms with Crippen LogP contribution in [0.1, 0.15) is 40.0 Å². The largest absolute Gasteiger partial charge is 0.299 e. The van der Waals surface area contributed by atoms with E-state index in [0.717, 1.165) is 18.1 Å². The van der Waals surface area contributed by atoms with Gasteiger partial charge in [0.25, 0.3) is 0 Å². The molecule has 2 saturated carbocycles. The van der Waals surface area contributed by atoms with Crippen LogP contribution in [0.2, 0.25) is 0 Å². The summed E-state index contributed by atoms with van der Waals surface area (Å²) in [7, 11) is 0. The molecule has 0 aliphatic heterocycles. The van der Waals surface area contributed by atoms with E-state index in [1.807, 2.05) is 0 Å². The highest BCUT2D eigenvalue weighted by Crippen LogP contribution is 2.61. The van der Waals surface area contributed by atoms with Crippen molar-refractivity contribution in [1.29, 1.82) is 0 Å². The van der Waals surface area contributed by atoms with Gasteiger partial charge in [0.15, 0.2) is 0 Å². The average molecular weight is 192 g/mol. The maximum atomic E-state index is 10.5. The van der Waals surface area contributed by atoms with Gasteiger partial charge < -0.3 is 0 Å². The second-order valence-electron chi connectivity index (χ2n) is 5.62. The first-order valence-corrected chi connectivity index (χ1v) is 5.69. The molecule has 3 unspecified atom stereocenters. The number of hydrogen-bond donors (Lipinski definition) is 0. The Hall–Kier alpha value is -0.590. The predicted octanol–water partition coefficient (Wildman–Crippen LogP) is 3.20. The highest BCUT2D eigenvalue weighted by molar-refractivity contribution is 5.66. The zero-order valence-corrected chi connectivity index (χ0v) is 9.42. The summed E-state index contributed by atoms with van der Waals surface area (Å²) in [6.07, 6.45) is 6.89. The third kappa shape index (κ3) is 1.25. The number of fused-ring (bicyclic) bond motifs is 2. The van der Waals surface area contributed by atoms with Crippen LogP contribution in [0, 0.1) is 23.2 Å². The van der Waals surface area contributed by atoms with E-state index in [9.17, 15) is 4.79 Å². The molecule has 0 N–H and O–H groups in total. The molecule has 0 aromatic carbocycles. The van der Waals surface area contributed by atoms with Crippen molar-refractivity contribution in [3.63, 3.8) is 0 Å². The van der Waals surface area contributed by atoms with Gasteiger partial charge in [-0.25, -0.2) is 0 Å². The molecule has 2 bridgehead atoms. The van der Waals surface area contributed by atoms with Gasteiger partial charge in [-0.3, -0.25) is 4.79 Å². The Kier molecular flexibility index (Phi) is 2.29. The zero-order chi connectivity index (χ0) is 10.3. The Morgan fingerprint density at radius 1 is 1.36 bits per heavy atom. The third-order valence-electron chi connectivity index (χ3n) is 4.62. The molecule has 14 heavy (non-hydrogen) atoms. The molecular weight excluding hydrogens is 172 g/mol. The van der Waals surface area contributed by atoms with E-state index in [-0.39, 0.29) is 0 Å². The molecule has 0 amide bonds. The smallest absolute Gasteiger partial charge is 0.142 e. The molecule has 3 atom stereocenters. The van der Waals surface area contributed by atoms with Crippen LogP contribution in [-0.2, 0) is 4.79 Å². The van der Waals surface area contributed by atoms with Gasteiger partial charge in [-0.2, -0.15) is 0 Å². The molecule has 0 spiro atoms. The number of hydrogen-bond acceptors (Lipinski definition) is 1. The van der Waals surface area contributed by atoms with Crippen LogP contribution in [0.3, 0.4) is 0 Å². The molecule has 0 saturated heterocycles. The number of carbonyl (C=O) groups is 1. The molecular formula is C13H20O. The van der Waals surface area contributed by atoms with Gasteiger partial charge in [-0.05, 0) is 55.4 Å². The van der Waals surface area contributed by atoms with Crippen molar-refractivity contribution >= 4 is 6.29 Å². The fourth-order valence-electron chi connectivity index (χ4n) is 4.03. The Morgan fingerprint density at radius 2 is 2.07 bits per heavy atom. The number of allylic oxidation sites excluding steroid dienone is 2. The summed E-state index contributed by atoms with van der Waals surface area (Å²) in [5.41, 5.74) is 1.73. The molecule has 1 heteroatoms. The minimum atomic E-state index is 0.423. The summed E-state index contributed by atoms with van der Waals surface area (Å²) >= 11 is 0. The van der Waals surface area contributed by atoms with Gasteiger partial charge in [0.2, 0.25) is 0 Å². The summed E-state index contributed by atoms with van der Waals surface area (Å²) in [6, 6.07) is 0. The normalized spacial score (nSPS) is 40.2. The lowest BCUT2D eigenvalue weighted by Crippen LogP contribution is -2.31. The number of rotatable bonds is 2. The van der Waals surface area contributed by atoms with Gasteiger partial charge in [-0.15, -0.1) is 0 Å². The van der Waals surface area contributed by atoms with Crippen molar-refractivity contribution in [2.24, 2.45) is 23.2 Å². The quantitative estimate of drug-likeness (QED) is 0.485. The summed E-state index contributed by atoms with van der Waals surface area (Å²) < 4.78 is 0. The second-order valence-corrected chi connectivity index (χ2v) is 5.62. The fraction of sp³-hybridized carbons (Fsp3) is 0.769. The fourth-order valence-corrected chi connectivity index (χ4v) is 4.03. The van der Waals surface area contributed by atoms with E-state index in [4.69, 9.17) is 0 Å². The second kappa shape index (κ2) is 3.22. The maximum absolute atomic E-state index is 10.5. The van der Waals surface area contributed by atoms with Crippen molar-refractivity contribution in [3.8, 4) is 0 Å². The first kappa shape index (κ1) is 9.95. The average Bonchev–Trinajstić information content (AvgIpc) is 2.61. The van der Waals surface area contributed by atoms with Crippen molar-refractivity contribution in [3.05, 3.63) is 11.6 Å². The Bertz CT molecular complexity index is 275. The molecule has 2 rings (SSSR count). The van der Waals surface area contributed by atoms with E-state index in [1.54, 1.807) is 6.08 Å². The minimum Gasteiger partial charge on any atom is -0.299 e. The van der Waals surface area contributed by atoms with E-state index >= 15 is 0 Å². The molecule has 0 heterocycles. The third-order valence-corrected chi connectivity index (χ3v) is 4.62. The zero-order valence-electron chi connectivity index (χ0n) is 9.42. The topological polar surface area (TPSA) is 17.1 Å². The first-order valence-electron chi connectivity index (χ1n) is 5.69. The van der Waals surface area contributed by atoms with Crippen molar-refractivity contribution in [2.45, 2.75) is 40.0 Å². The highest BCUT2D eigenvalue weighted by atomic mass is 16.1.